The maximum Gasteiger partial charge on any atom is 0.209 e. The average Bonchev–Trinajstić information content (AvgIpc) is 3.05. The number of hydrogen-bond acceptors (Lipinski definition) is 2. The Kier molecular flexibility index (Phi) is 6.49. The number of nitrogens with one attached hydrogen (secondary N) is 2. The highest BCUT2D eigenvalue weighted by Gasteiger charge is 2.11. The number of benzene rings is 2. The smallest absolute Gasteiger partial charge is 0.209 e. The quantitative estimate of drug-likeness (QED) is 0.235. The molecule has 0 fully saturated rings. The molecule has 0 atom stereocenters. The third kappa shape index (κ3) is 4.89. The molecule has 27 heavy (non-hydrogen) atoms. The van der Waals surface area contributed by atoms with Crippen molar-refractivity contribution in [3.63, 3.8) is 0 Å². The van der Waals surface area contributed by atoms with Gasteiger partial charge < -0.3 is 10.7 Å². The molecule has 0 aliphatic rings. The number of aliphatic imine (C=N–C) groups is 1. The molecular weight excluding hydrogens is 358 g/mol. The second-order valence-corrected chi connectivity index (χ2v) is 6.75. The highest BCUT2D eigenvalue weighted by atomic mass is 35.5. The summed E-state index contributed by atoms with van der Waals surface area (Å²) in [6, 6.07) is 15.9. The van der Waals surface area contributed by atoms with E-state index in [9.17, 15) is 0 Å². The van der Waals surface area contributed by atoms with Crippen LogP contribution in [0.4, 0.5) is 0 Å². The number of guanidine groups is 1. The molecule has 1 aromatic heterocycles. The number of para-hydroxylation sites is 1. The molecule has 4 N–H and O–H groups in total. The molecule has 0 aliphatic heterocycles. The zero-order chi connectivity index (χ0) is 19.1. The zero-order valence-electron chi connectivity index (χ0n) is 15.4. The van der Waals surface area contributed by atoms with E-state index in [1.807, 2.05) is 42.5 Å². The van der Waals surface area contributed by atoms with E-state index in [0.717, 1.165) is 47.0 Å². The monoisotopic (exact) mass is 381 g/mol. The van der Waals surface area contributed by atoms with E-state index in [-0.39, 0.29) is 0 Å². The van der Waals surface area contributed by atoms with Gasteiger partial charge in [0.15, 0.2) is 0 Å². The third-order valence-corrected chi connectivity index (χ3v) is 4.55. The summed E-state index contributed by atoms with van der Waals surface area (Å²) < 4.78 is 0. The molecule has 140 valence electrons. The molecule has 0 saturated heterocycles. The maximum absolute atomic E-state index is 6.02. The lowest BCUT2D eigenvalue weighted by Gasteiger charge is -2.02. The molecule has 3 aromatic rings. The number of H-pyrrole nitrogens is 1. The van der Waals surface area contributed by atoms with Gasteiger partial charge in [-0.15, -0.1) is 0 Å². The van der Waals surface area contributed by atoms with Gasteiger partial charge in [0.1, 0.15) is 0 Å². The minimum Gasteiger partial charge on any atom is -0.369 e. The van der Waals surface area contributed by atoms with E-state index in [4.69, 9.17) is 17.3 Å². The number of aromatic amines is 1. The maximum atomic E-state index is 6.02. The van der Waals surface area contributed by atoms with Gasteiger partial charge in [0.2, 0.25) is 5.96 Å². The molecule has 0 spiro atoms. The van der Waals surface area contributed by atoms with Crippen LogP contribution in [0.25, 0.3) is 22.2 Å². The Morgan fingerprint density at radius 1 is 1.15 bits per heavy atom. The van der Waals surface area contributed by atoms with E-state index >= 15 is 0 Å². The van der Waals surface area contributed by atoms with Crippen LogP contribution in [0.2, 0.25) is 5.02 Å². The highest BCUT2D eigenvalue weighted by molar-refractivity contribution is 6.30. The predicted molar refractivity (Wildman–Crippen MR) is 115 cm³/mol. The van der Waals surface area contributed by atoms with E-state index in [1.165, 1.54) is 0 Å². The van der Waals surface area contributed by atoms with Crippen LogP contribution in [-0.4, -0.2) is 23.7 Å². The second-order valence-electron chi connectivity index (χ2n) is 6.31. The normalized spacial score (nSPS) is 12.1. The summed E-state index contributed by atoms with van der Waals surface area (Å²) in [6.45, 7) is 2.88. The summed E-state index contributed by atoms with van der Waals surface area (Å²) in [7, 11) is 0. The third-order valence-electron chi connectivity index (χ3n) is 4.30. The Bertz CT molecular complexity index is 941. The standard InChI is InChI=1S/C21H24ClN5/c1-2-3-6-13-24-21(23)27-25-14-18-17-7-4-5-8-19(17)26-20(18)15-9-11-16(22)12-10-15/h4-5,7-12,14,26H,2-3,6,13H2,1H3,(H3,23,24,27). The Hall–Kier alpha value is -2.79. The number of unbranched alkanes of at least 4 members (excludes halogenated alkanes) is 2. The fourth-order valence-corrected chi connectivity index (χ4v) is 3.03. The van der Waals surface area contributed by atoms with Crippen LogP contribution in [0.5, 0.6) is 0 Å². The SMILES string of the molecule is CCCCCN=C(N)NN=Cc1c(-c2ccc(Cl)cc2)[nH]c2ccccc12. The van der Waals surface area contributed by atoms with Crippen LogP contribution in [0.1, 0.15) is 31.7 Å². The average molecular weight is 382 g/mol. The fraction of sp³-hybridized carbons (Fsp3) is 0.238. The first-order valence-electron chi connectivity index (χ1n) is 9.14. The Morgan fingerprint density at radius 3 is 2.70 bits per heavy atom. The van der Waals surface area contributed by atoms with Gasteiger partial charge in [0.25, 0.3) is 0 Å². The van der Waals surface area contributed by atoms with Gasteiger partial charge in [0, 0.05) is 28.0 Å². The van der Waals surface area contributed by atoms with Crippen molar-refractivity contribution < 1.29 is 0 Å². The van der Waals surface area contributed by atoms with Gasteiger partial charge in [-0.25, -0.2) is 5.43 Å². The number of halogens is 1. The minimum atomic E-state index is 0.329. The lowest BCUT2D eigenvalue weighted by Crippen LogP contribution is -2.27. The fourth-order valence-electron chi connectivity index (χ4n) is 2.90. The van der Waals surface area contributed by atoms with Gasteiger partial charge in [-0.05, 0) is 30.2 Å². The Balaban J connectivity index is 1.84. The number of hydrogen-bond donors (Lipinski definition) is 3. The Labute approximate surface area is 164 Å². The largest absolute Gasteiger partial charge is 0.369 e. The molecule has 1 heterocycles. The first-order valence-corrected chi connectivity index (χ1v) is 9.52. The van der Waals surface area contributed by atoms with Gasteiger partial charge in [-0.1, -0.05) is 61.7 Å². The van der Waals surface area contributed by atoms with Crippen LogP contribution in [-0.2, 0) is 0 Å². The van der Waals surface area contributed by atoms with E-state index in [1.54, 1.807) is 6.21 Å². The van der Waals surface area contributed by atoms with Gasteiger partial charge in [-0.3, -0.25) is 4.99 Å². The topological polar surface area (TPSA) is 78.6 Å². The lowest BCUT2D eigenvalue weighted by molar-refractivity contribution is 0.725. The summed E-state index contributed by atoms with van der Waals surface area (Å²) in [4.78, 5) is 7.74. The van der Waals surface area contributed by atoms with Crippen molar-refractivity contribution in [3.8, 4) is 11.3 Å². The van der Waals surface area contributed by atoms with Gasteiger partial charge in [-0.2, -0.15) is 5.10 Å². The molecular formula is C21H24ClN5. The van der Waals surface area contributed by atoms with Crippen molar-refractivity contribution in [2.75, 3.05) is 6.54 Å². The first-order chi connectivity index (χ1) is 13.2. The molecule has 0 radical (unpaired) electrons. The van der Waals surface area contributed by atoms with Crippen molar-refractivity contribution in [3.05, 3.63) is 59.1 Å². The highest BCUT2D eigenvalue weighted by Crippen LogP contribution is 2.29. The van der Waals surface area contributed by atoms with Crippen LogP contribution >= 0.6 is 11.6 Å². The first kappa shape index (κ1) is 19.0. The van der Waals surface area contributed by atoms with E-state index < -0.39 is 0 Å². The van der Waals surface area contributed by atoms with Crippen LogP contribution in [0.15, 0.2) is 58.6 Å². The Morgan fingerprint density at radius 2 is 1.93 bits per heavy atom. The zero-order valence-corrected chi connectivity index (χ0v) is 16.1. The van der Waals surface area contributed by atoms with E-state index in [2.05, 4.69) is 33.5 Å². The van der Waals surface area contributed by atoms with Crippen LogP contribution in [0, 0.1) is 0 Å². The number of rotatable bonds is 7. The molecule has 3 rings (SSSR count). The van der Waals surface area contributed by atoms with Crippen molar-refractivity contribution in [2.24, 2.45) is 15.8 Å². The summed E-state index contributed by atoms with van der Waals surface area (Å²) in [5, 5.41) is 6.09. The second kappa shape index (κ2) is 9.24. The number of nitrogens with two attached hydrogens (primary N) is 1. The van der Waals surface area contributed by atoms with Crippen molar-refractivity contribution >= 4 is 34.7 Å². The summed E-state index contributed by atoms with van der Waals surface area (Å²) in [5.74, 6) is 0.329. The van der Waals surface area contributed by atoms with Crippen LogP contribution in [0.3, 0.4) is 0 Å². The minimum absolute atomic E-state index is 0.329. The molecule has 6 heteroatoms. The number of hydrazone groups is 1. The van der Waals surface area contributed by atoms with Crippen molar-refractivity contribution in [1.29, 1.82) is 0 Å². The molecule has 5 nitrogen and oxygen atoms in total. The van der Waals surface area contributed by atoms with Gasteiger partial charge in [0.05, 0.1) is 11.9 Å². The summed E-state index contributed by atoms with van der Waals surface area (Å²) in [5.41, 5.74) is 12.7. The molecule has 0 aliphatic carbocycles. The van der Waals surface area contributed by atoms with Crippen molar-refractivity contribution in [1.82, 2.24) is 10.4 Å². The number of aromatic nitrogens is 1. The number of nitrogens with zero attached hydrogens (tertiary/aromatic N) is 2. The summed E-state index contributed by atoms with van der Waals surface area (Å²) in [6.07, 6.45) is 5.12. The molecule has 0 bridgehead atoms. The van der Waals surface area contributed by atoms with E-state index in [0.29, 0.717) is 17.5 Å². The molecule has 2 aromatic carbocycles. The number of fused-ring (bicyclic) bond motifs is 1. The molecule has 0 unspecified atom stereocenters. The van der Waals surface area contributed by atoms with Crippen molar-refractivity contribution in [2.45, 2.75) is 26.2 Å². The predicted octanol–water partition coefficient (Wildman–Crippen LogP) is 4.92. The van der Waals surface area contributed by atoms with Crippen LogP contribution < -0.4 is 11.2 Å². The lowest BCUT2D eigenvalue weighted by atomic mass is 10.1. The van der Waals surface area contributed by atoms with Gasteiger partial charge >= 0.3 is 0 Å². The molecule has 0 amide bonds. The molecule has 0 saturated carbocycles. The summed E-state index contributed by atoms with van der Waals surface area (Å²) >= 11 is 6.02.